The van der Waals surface area contributed by atoms with E-state index in [4.69, 9.17) is 10.5 Å². The Morgan fingerprint density at radius 3 is 2.53 bits per heavy atom. The number of amides is 3. The highest BCUT2D eigenvalue weighted by Gasteiger charge is 2.31. The molecule has 6 nitrogen and oxygen atoms in total. The van der Waals surface area contributed by atoms with E-state index in [1.54, 1.807) is 24.3 Å². The number of carbonyl (C=O) groups is 3. The zero-order valence-corrected chi connectivity index (χ0v) is 10.7. The molecule has 1 aliphatic rings. The maximum absolute atomic E-state index is 11.4. The first kappa shape index (κ1) is 13.4. The number of imide groups is 1. The van der Waals surface area contributed by atoms with Crippen molar-refractivity contribution in [3.8, 4) is 5.75 Å². The van der Waals surface area contributed by atoms with Crippen molar-refractivity contribution in [2.24, 2.45) is 5.73 Å². The summed E-state index contributed by atoms with van der Waals surface area (Å²) in [5, 5.41) is 1.55. The van der Waals surface area contributed by atoms with E-state index in [0.717, 1.165) is 17.3 Å². The maximum Gasteiger partial charge on any atom is 0.286 e. The van der Waals surface area contributed by atoms with Crippen molar-refractivity contribution in [3.63, 3.8) is 0 Å². The highest BCUT2D eigenvalue weighted by Crippen LogP contribution is 2.23. The number of thioether (sulfide) groups is 1. The summed E-state index contributed by atoms with van der Waals surface area (Å²) >= 11 is 0.995. The van der Waals surface area contributed by atoms with Crippen LogP contribution in [0, 0.1) is 0 Å². The Labute approximate surface area is 113 Å². The summed E-state index contributed by atoms with van der Waals surface area (Å²) in [7, 11) is 0. The number of rotatable bonds is 5. The van der Waals surface area contributed by atoms with Gasteiger partial charge in [0, 0.05) is 0 Å². The predicted molar refractivity (Wildman–Crippen MR) is 69.8 cm³/mol. The second-order valence-electron chi connectivity index (χ2n) is 3.99. The Bertz CT molecular complexity index is 515. The first-order valence-electron chi connectivity index (χ1n) is 5.56. The molecule has 3 N–H and O–H groups in total. The smallest absolute Gasteiger partial charge is 0.286 e. The first-order chi connectivity index (χ1) is 9.04. The number of ether oxygens (including phenoxy) is 1. The minimum Gasteiger partial charge on any atom is -0.484 e. The van der Waals surface area contributed by atoms with Crippen molar-refractivity contribution in [2.75, 3.05) is 6.61 Å². The summed E-state index contributed by atoms with van der Waals surface area (Å²) in [4.78, 5) is 33.0. The molecule has 0 aliphatic carbocycles. The van der Waals surface area contributed by atoms with E-state index >= 15 is 0 Å². The molecule has 0 bridgehead atoms. The predicted octanol–water partition coefficient (Wildman–Crippen LogP) is 0.445. The van der Waals surface area contributed by atoms with Crippen molar-refractivity contribution in [2.45, 2.75) is 11.7 Å². The van der Waals surface area contributed by atoms with Gasteiger partial charge in [-0.1, -0.05) is 23.9 Å². The molecule has 0 saturated carbocycles. The fraction of sp³-hybridized carbons (Fsp3) is 0.250. The minimum atomic E-state index is -0.540. The Kier molecular flexibility index (Phi) is 4.06. The fourth-order valence-corrected chi connectivity index (χ4v) is 2.48. The van der Waals surface area contributed by atoms with Crippen LogP contribution in [0.3, 0.4) is 0 Å². The van der Waals surface area contributed by atoms with Crippen molar-refractivity contribution >= 4 is 28.8 Å². The summed E-state index contributed by atoms with van der Waals surface area (Å²) < 4.78 is 5.12. The van der Waals surface area contributed by atoms with Gasteiger partial charge in [-0.25, -0.2) is 0 Å². The van der Waals surface area contributed by atoms with Crippen molar-refractivity contribution in [1.82, 2.24) is 5.32 Å². The first-order valence-corrected chi connectivity index (χ1v) is 6.44. The molecule has 2 rings (SSSR count). The number of hydrogen-bond donors (Lipinski definition) is 2. The Balaban J connectivity index is 1.93. The van der Waals surface area contributed by atoms with Crippen LogP contribution in [0.4, 0.5) is 4.79 Å². The van der Waals surface area contributed by atoms with E-state index in [-0.39, 0.29) is 23.0 Å². The molecule has 100 valence electrons. The maximum atomic E-state index is 11.4. The molecule has 1 aromatic rings. The van der Waals surface area contributed by atoms with Gasteiger partial charge in [-0.2, -0.15) is 0 Å². The van der Waals surface area contributed by atoms with Gasteiger partial charge in [0.25, 0.3) is 11.1 Å². The van der Waals surface area contributed by atoms with Crippen LogP contribution in [0.1, 0.15) is 5.56 Å². The lowest BCUT2D eigenvalue weighted by atomic mass is 10.1. The van der Waals surface area contributed by atoms with Gasteiger partial charge in [-0.15, -0.1) is 0 Å². The number of carbonyl (C=O) groups excluding carboxylic acids is 3. The zero-order valence-electron chi connectivity index (χ0n) is 9.92. The van der Waals surface area contributed by atoms with E-state index in [1.165, 1.54) is 0 Å². The van der Waals surface area contributed by atoms with Gasteiger partial charge in [0.1, 0.15) is 5.75 Å². The summed E-state index contributed by atoms with van der Waals surface area (Å²) in [5.41, 5.74) is 5.88. The molecule has 3 amide bonds. The van der Waals surface area contributed by atoms with Crippen LogP contribution in [0.15, 0.2) is 24.3 Å². The molecular formula is C12H12N2O4S. The van der Waals surface area contributed by atoms with E-state index in [2.05, 4.69) is 5.32 Å². The average Bonchev–Trinajstić information content (AvgIpc) is 2.67. The largest absolute Gasteiger partial charge is 0.484 e. The molecular weight excluding hydrogens is 268 g/mol. The number of nitrogens with two attached hydrogens (primary N) is 1. The van der Waals surface area contributed by atoms with Crippen LogP contribution in [0.25, 0.3) is 0 Å². The van der Waals surface area contributed by atoms with E-state index in [0.29, 0.717) is 12.2 Å². The summed E-state index contributed by atoms with van der Waals surface area (Å²) in [6.07, 6.45) is 0.471. The Morgan fingerprint density at radius 1 is 1.32 bits per heavy atom. The van der Waals surface area contributed by atoms with Crippen molar-refractivity contribution in [3.05, 3.63) is 29.8 Å². The lowest BCUT2D eigenvalue weighted by Gasteiger charge is -2.07. The van der Waals surface area contributed by atoms with Gasteiger partial charge in [0.05, 0.1) is 5.25 Å². The lowest BCUT2D eigenvalue weighted by molar-refractivity contribution is -0.120. The second-order valence-corrected chi connectivity index (χ2v) is 5.16. The highest BCUT2D eigenvalue weighted by molar-refractivity contribution is 8.15. The summed E-state index contributed by atoms with van der Waals surface area (Å²) in [5.74, 6) is -0.271. The molecule has 1 saturated heterocycles. The normalized spacial score (nSPS) is 18.2. The van der Waals surface area contributed by atoms with Crippen LogP contribution >= 0.6 is 11.8 Å². The van der Waals surface area contributed by atoms with Gasteiger partial charge in [-0.05, 0) is 24.1 Å². The number of hydrogen-bond acceptors (Lipinski definition) is 5. The van der Waals surface area contributed by atoms with Gasteiger partial charge < -0.3 is 10.5 Å². The topological polar surface area (TPSA) is 98.5 Å². The zero-order chi connectivity index (χ0) is 13.8. The van der Waals surface area contributed by atoms with Crippen molar-refractivity contribution < 1.29 is 19.1 Å². The SMILES string of the molecule is NC(=O)COc1ccc(CC2SC(=O)NC2=O)cc1. The third kappa shape index (κ3) is 3.72. The Hall–Kier alpha value is -2.02. The second kappa shape index (κ2) is 5.75. The van der Waals surface area contributed by atoms with Crippen LogP contribution in [-0.4, -0.2) is 28.9 Å². The highest BCUT2D eigenvalue weighted by atomic mass is 32.2. The molecule has 19 heavy (non-hydrogen) atoms. The molecule has 7 heteroatoms. The minimum absolute atomic E-state index is 0.172. The fourth-order valence-electron chi connectivity index (χ4n) is 1.62. The molecule has 1 aliphatic heterocycles. The molecule has 1 fully saturated rings. The number of nitrogens with one attached hydrogen (secondary N) is 1. The number of primary amides is 1. The molecule has 0 aromatic heterocycles. The van der Waals surface area contributed by atoms with Crippen LogP contribution in [0.2, 0.25) is 0 Å². The van der Waals surface area contributed by atoms with Gasteiger partial charge in [-0.3, -0.25) is 19.7 Å². The van der Waals surface area contributed by atoms with Crippen LogP contribution in [-0.2, 0) is 16.0 Å². The summed E-state index contributed by atoms with van der Waals surface area (Å²) in [6, 6.07) is 6.95. The standard InChI is InChI=1S/C12H12N2O4S/c13-10(15)6-18-8-3-1-7(2-4-8)5-9-11(16)14-12(17)19-9/h1-4,9H,5-6H2,(H2,13,15)(H,14,16,17). The average molecular weight is 280 g/mol. The van der Waals surface area contributed by atoms with E-state index < -0.39 is 5.91 Å². The van der Waals surface area contributed by atoms with Gasteiger partial charge in [0.15, 0.2) is 6.61 Å². The van der Waals surface area contributed by atoms with E-state index in [1.807, 2.05) is 0 Å². The molecule has 0 radical (unpaired) electrons. The molecule has 1 heterocycles. The Morgan fingerprint density at radius 2 is 2.00 bits per heavy atom. The quantitative estimate of drug-likeness (QED) is 0.815. The van der Waals surface area contributed by atoms with Crippen LogP contribution < -0.4 is 15.8 Å². The number of benzene rings is 1. The molecule has 1 atom stereocenters. The van der Waals surface area contributed by atoms with Crippen molar-refractivity contribution in [1.29, 1.82) is 0 Å². The van der Waals surface area contributed by atoms with Gasteiger partial charge in [0.2, 0.25) is 5.91 Å². The third-order valence-corrected chi connectivity index (χ3v) is 3.47. The van der Waals surface area contributed by atoms with Gasteiger partial charge >= 0.3 is 0 Å². The van der Waals surface area contributed by atoms with Crippen LogP contribution in [0.5, 0.6) is 5.75 Å². The molecule has 1 aromatic carbocycles. The molecule has 0 spiro atoms. The molecule has 1 unspecified atom stereocenters. The summed E-state index contributed by atoms with van der Waals surface area (Å²) in [6.45, 7) is -0.172. The van der Waals surface area contributed by atoms with E-state index in [9.17, 15) is 14.4 Å². The monoisotopic (exact) mass is 280 g/mol. The third-order valence-electron chi connectivity index (χ3n) is 2.49. The lowest BCUT2D eigenvalue weighted by Crippen LogP contribution is -2.25.